The van der Waals surface area contributed by atoms with Gasteiger partial charge in [-0.3, -0.25) is 4.57 Å². The van der Waals surface area contributed by atoms with E-state index in [1.165, 1.54) is 0 Å². The molecule has 1 aliphatic rings. The van der Waals surface area contributed by atoms with E-state index in [0.717, 1.165) is 16.3 Å². The van der Waals surface area contributed by atoms with Crippen LogP contribution in [0.1, 0.15) is 18.0 Å². The van der Waals surface area contributed by atoms with E-state index in [1.807, 2.05) is 30.3 Å². The molecule has 1 aliphatic carbocycles. The Morgan fingerprint density at radius 1 is 1.35 bits per heavy atom. The molecule has 1 saturated carbocycles. The fourth-order valence-corrected chi connectivity index (χ4v) is 2.71. The molecule has 1 heterocycles. The molecule has 1 unspecified atom stereocenters. The number of nitrogens with zero attached hydrogens (tertiary/aromatic N) is 2. The summed E-state index contributed by atoms with van der Waals surface area (Å²) in [6.07, 6.45) is 0.0532. The Labute approximate surface area is 131 Å². The molecule has 122 valence electrons. The van der Waals surface area contributed by atoms with Crippen molar-refractivity contribution >= 4 is 5.82 Å². The minimum absolute atomic E-state index is 0.256. The van der Waals surface area contributed by atoms with Crippen molar-refractivity contribution in [3.63, 3.8) is 0 Å². The van der Waals surface area contributed by atoms with E-state index in [0.29, 0.717) is 13.0 Å². The molecular weight excluding hydrogens is 304 g/mol. The van der Waals surface area contributed by atoms with Crippen molar-refractivity contribution < 1.29 is 13.5 Å². The molecule has 2 N–H and O–H groups in total. The first-order valence-corrected chi connectivity index (χ1v) is 7.36. The van der Waals surface area contributed by atoms with Gasteiger partial charge in [-0.25, -0.2) is 13.6 Å². The number of hydrogen-bond donors (Lipinski definition) is 1. The zero-order chi connectivity index (χ0) is 16.4. The van der Waals surface area contributed by atoms with Crippen LogP contribution < -0.4 is 11.4 Å². The molecule has 3 atom stereocenters. The average molecular weight is 321 g/mol. The van der Waals surface area contributed by atoms with E-state index in [9.17, 15) is 13.6 Å². The van der Waals surface area contributed by atoms with Gasteiger partial charge < -0.3 is 10.5 Å². The lowest BCUT2D eigenvalue weighted by molar-refractivity contribution is -0.0317. The van der Waals surface area contributed by atoms with E-state index in [2.05, 4.69) is 4.98 Å². The van der Waals surface area contributed by atoms with Crippen LogP contribution in [0.15, 0.2) is 41.3 Å². The highest BCUT2D eigenvalue weighted by atomic mass is 19.1. The summed E-state index contributed by atoms with van der Waals surface area (Å²) < 4.78 is 34.1. The molecule has 0 spiro atoms. The van der Waals surface area contributed by atoms with E-state index in [-0.39, 0.29) is 12.5 Å². The predicted molar refractivity (Wildman–Crippen MR) is 81.0 cm³/mol. The molecule has 23 heavy (non-hydrogen) atoms. The van der Waals surface area contributed by atoms with Crippen molar-refractivity contribution in [1.82, 2.24) is 9.55 Å². The maximum atomic E-state index is 14.2. The van der Waals surface area contributed by atoms with Crippen molar-refractivity contribution in [1.29, 1.82) is 0 Å². The van der Waals surface area contributed by atoms with E-state index < -0.39 is 29.5 Å². The van der Waals surface area contributed by atoms with Gasteiger partial charge in [-0.05, 0) is 12.0 Å². The maximum Gasteiger partial charge on any atom is 0.350 e. The highest BCUT2D eigenvalue weighted by molar-refractivity contribution is 5.26. The molecule has 0 bridgehead atoms. The number of nitrogen functional groups attached to an aromatic ring is 1. The summed E-state index contributed by atoms with van der Waals surface area (Å²) in [5, 5.41) is 0. The standard InChI is InChI=1S/C16H17F2N3O2/c17-12-7-21(16(22)20-15(12)19)13-6-11(14(13)18)9-23-8-10-4-2-1-3-5-10/h1-5,7,11,13-14H,6,8-9H2,(H2,19,20,22)/t11-,13-,14?/m1/s1. The van der Waals surface area contributed by atoms with Crippen LogP contribution in [0.4, 0.5) is 14.6 Å². The summed E-state index contributed by atoms with van der Waals surface area (Å²) in [5.41, 5.74) is 5.50. The van der Waals surface area contributed by atoms with Crippen molar-refractivity contribution in [3.05, 3.63) is 58.4 Å². The Morgan fingerprint density at radius 2 is 2.09 bits per heavy atom. The first-order valence-electron chi connectivity index (χ1n) is 7.36. The van der Waals surface area contributed by atoms with Crippen molar-refractivity contribution in [2.24, 2.45) is 5.92 Å². The average Bonchev–Trinajstić information content (AvgIpc) is 2.55. The number of halogens is 2. The molecular formula is C16H17F2N3O2. The largest absolute Gasteiger partial charge is 0.381 e. The van der Waals surface area contributed by atoms with Gasteiger partial charge >= 0.3 is 5.69 Å². The Kier molecular flexibility index (Phi) is 4.38. The van der Waals surface area contributed by atoms with Crippen molar-refractivity contribution in [3.8, 4) is 0 Å². The van der Waals surface area contributed by atoms with Crippen LogP contribution >= 0.6 is 0 Å². The molecule has 0 amide bonds. The van der Waals surface area contributed by atoms with Crippen LogP contribution in [0.5, 0.6) is 0 Å². The van der Waals surface area contributed by atoms with Crippen LogP contribution in [0.3, 0.4) is 0 Å². The quantitative estimate of drug-likeness (QED) is 0.915. The van der Waals surface area contributed by atoms with Crippen molar-refractivity contribution in [2.75, 3.05) is 12.3 Å². The number of rotatable bonds is 5. The van der Waals surface area contributed by atoms with Gasteiger partial charge in [-0.2, -0.15) is 4.98 Å². The third kappa shape index (κ3) is 3.24. The summed E-state index contributed by atoms with van der Waals surface area (Å²) in [4.78, 5) is 15.0. The lowest BCUT2D eigenvalue weighted by atomic mass is 9.78. The second-order valence-electron chi connectivity index (χ2n) is 5.67. The smallest absolute Gasteiger partial charge is 0.350 e. The van der Waals surface area contributed by atoms with Crippen molar-refractivity contribution in [2.45, 2.75) is 25.2 Å². The maximum absolute atomic E-state index is 14.2. The number of benzene rings is 1. The summed E-state index contributed by atoms with van der Waals surface area (Å²) in [5.74, 6) is -1.60. The minimum atomic E-state index is -1.27. The molecule has 3 rings (SSSR count). The van der Waals surface area contributed by atoms with E-state index in [1.54, 1.807) is 0 Å². The lowest BCUT2D eigenvalue weighted by Gasteiger charge is -2.39. The monoisotopic (exact) mass is 321 g/mol. The number of hydrogen-bond acceptors (Lipinski definition) is 4. The second-order valence-corrected chi connectivity index (χ2v) is 5.67. The number of ether oxygens (including phenoxy) is 1. The molecule has 0 saturated heterocycles. The van der Waals surface area contributed by atoms with Crippen LogP contribution in [0.25, 0.3) is 0 Å². The molecule has 2 aromatic rings. The predicted octanol–water partition coefficient (Wildman–Crippen LogP) is 2.08. The summed E-state index contributed by atoms with van der Waals surface area (Å²) in [7, 11) is 0. The molecule has 1 aromatic heterocycles. The van der Waals surface area contributed by atoms with Gasteiger partial charge in [0, 0.05) is 12.1 Å². The lowest BCUT2D eigenvalue weighted by Crippen LogP contribution is -2.46. The van der Waals surface area contributed by atoms with Crippen LogP contribution in [0, 0.1) is 11.7 Å². The first kappa shape index (κ1) is 15.6. The van der Waals surface area contributed by atoms with Gasteiger partial charge in [0.1, 0.15) is 6.17 Å². The van der Waals surface area contributed by atoms with Gasteiger partial charge in [0.2, 0.25) is 0 Å². The first-order chi connectivity index (χ1) is 11.1. The highest BCUT2D eigenvalue weighted by Crippen LogP contribution is 2.40. The molecule has 5 nitrogen and oxygen atoms in total. The highest BCUT2D eigenvalue weighted by Gasteiger charge is 2.43. The third-order valence-corrected chi connectivity index (χ3v) is 4.10. The van der Waals surface area contributed by atoms with Crippen LogP contribution in [-0.4, -0.2) is 22.3 Å². The van der Waals surface area contributed by atoms with Gasteiger partial charge in [0.05, 0.1) is 19.3 Å². The molecule has 0 radical (unpaired) electrons. The SMILES string of the molecule is Nc1nc(=O)n([C@@H]2C[C@H](COCc3ccccc3)C2F)cc1F. The van der Waals surface area contributed by atoms with Gasteiger partial charge in [0.25, 0.3) is 0 Å². The Bertz CT molecular complexity index is 736. The fourth-order valence-electron chi connectivity index (χ4n) is 2.71. The van der Waals surface area contributed by atoms with E-state index >= 15 is 0 Å². The molecule has 1 aromatic carbocycles. The Balaban J connectivity index is 1.55. The Hall–Kier alpha value is -2.28. The summed E-state index contributed by atoms with van der Waals surface area (Å²) in [6.45, 7) is 0.666. The van der Waals surface area contributed by atoms with Gasteiger partial charge in [0.15, 0.2) is 11.6 Å². The topological polar surface area (TPSA) is 70.1 Å². The zero-order valence-electron chi connectivity index (χ0n) is 12.4. The molecule has 7 heteroatoms. The number of anilines is 1. The normalized spacial score (nSPS) is 23.5. The molecule has 1 fully saturated rings. The van der Waals surface area contributed by atoms with Gasteiger partial charge in [-0.15, -0.1) is 0 Å². The summed E-state index contributed by atoms with van der Waals surface area (Å²) >= 11 is 0. The number of aromatic nitrogens is 2. The van der Waals surface area contributed by atoms with Crippen LogP contribution in [0.2, 0.25) is 0 Å². The summed E-state index contributed by atoms with van der Waals surface area (Å²) in [6, 6.07) is 8.87. The second kappa shape index (κ2) is 6.45. The Morgan fingerprint density at radius 3 is 2.78 bits per heavy atom. The van der Waals surface area contributed by atoms with Crippen LogP contribution in [-0.2, 0) is 11.3 Å². The third-order valence-electron chi connectivity index (χ3n) is 4.10. The zero-order valence-corrected chi connectivity index (χ0v) is 12.4. The van der Waals surface area contributed by atoms with E-state index in [4.69, 9.17) is 10.5 Å². The minimum Gasteiger partial charge on any atom is -0.381 e. The fraction of sp³-hybridized carbons (Fsp3) is 0.375. The number of alkyl halides is 1. The van der Waals surface area contributed by atoms with Gasteiger partial charge in [-0.1, -0.05) is 30.3 Å². The molecule has 0 aliphatic heterocycles. The number of nitrogens with two attached hydrogens (primary N) is 1.